The van der Waals surface area contributed by atoms with Gasteiger partial charge in [-0.05, 0) is 48.7 Å². The van der Waals surface area contributed by atoms with Gasteiger partial charge >= 0.3 is 12.4 Å². The quantitative estimate of drug-likeness (QED) is 0.662. The molecule has 10 heteroatoms. The van der Waals surface area contributed by atoms with Gasteiger partial charge in [-0.3, -0.25) is 0 Å². The molecule has 0 aliphatic carbocycles. The number of rotatable bonds is 4. The molecule has 0 atom stereocenters. The molecular weight excluding hydrogens is 374 g/mol. The van der Waals surface area contributed by atoms with E-state index in [0.29, 0.717) is 5.56 Å². The number of hydrogen-bond donors (Lipinski definition) is 1. The average molecular weight is 386 g/mol. The molecule has 3 aromatic rings. The normalized spacial score (nSPS) is 12.4. The van der Waals surface area contributed by atoms with Crippen molar-refractivity contribution < 1.29 is 26.3 Å². The third-order valence-electron chi connectivity index (χ3n) is 3.80. The maximum atomic E-state index is 13.2. The number of pyridine rings is 1. The summed E-state index contributed by atoms with van der Waals surface area (Å²) in [4.78, 5) is 3.53. The minimum atomic E-state index is -4.58. The SMILES string of the molecule is FC(F)(F)c1cc(CCc2cccc(C(F)(F)F)n2)cc(-c2cn[nH]n2)c1. The molecule has 142 valence electrons. The van der Waals surface area contributed by atoms with E-state index in [-0.39, 0.29) is 29.8 Å². The summed E-state index contributed by atoms with van der Waals surface area (Å²) in [5.74, 6) is 0. The predicted octanol–water partition coefficient (Wildman–Crippen LogP) is 4.69. The lowest BCUT2D eigenvalue weighted by Crippen LogP contribution is -2.10. The van der Waals surface area contributed by atoms with Gasteiger partial charge in [-0.25, -0.2) is 4.98 Å². The van der Waals surface area contributed by atoms with Gasteiger partial charge in [-0.1, -0.05) is 6.07 Å². The van der Waals surface area contributed by atoms with Crippen LogP contribution in [0.15, 0.2) is 42.6 Å². The highest BCUT2D eigenvalue weighted by molar-refractivity contribution is 5.60. The van der Waals surface area contributed by atoms with E-state index >= 15 is 0 Å². The third kappa shape index (κ3) is 4.63. The van der Waals surface area contributed by atoms with Gasteiger partial charge in [-0.15, -0.1) is 0 Å². The van der Waals surface area contributed by atoms with Gasteiger partial charge in [0, 0.05) is 11.3 Å². The van der Waals surface area contributed by atoms with Crippen LogP contribution in [-0.2, 0) is 25.2 Å². The van der Waals surface area contributed by atoms with E-state index in [1.165, 1.54) is 24.4 Å². The number of aromatic amines is 1. The molecule has 0 aliphatic heterocycles. The molecule has 0 saturated carbocycles. The van der Waals surface area contributed by atoms with Crippen molar-refractivity contribution in [3.8, 4) is 11.3 Å². The predicted molar refractivity (Wildman–Crippen MR) is 83.5 cm³/mol. The second kappa shape index (κ2) is 7.01. The Balaban J connectivity index is 1.87. The number of nitrogens with one attached hydrogen (secondary N) is 1. The van der Waals surface area contributed by atoms with Crippen molar-refractivity contribution in [2.45, 2.75) is 25.2 Å². The van der Waals surface area contributed by atoms with Crippen molar-refractivity contribution >= 4 is 0 Å². The Morgan fingerprint density at radius 3 is 2.30 bits per heavy atom. The van der Waals surface area contributed by atoms with Crippen LogP contribution in [-0.4, -0.2) is 20.4 Å². The lowest BCUT2D eigenvalue weighted by atomic mass is 9.99. The van der Waals surface area contributed by atoms with Crippen LogP contribution >= 0.6 is 0 Å². The van der Waals surface area contributed by atoms with Crippen LogP contribution < -0.4 is 0 Å². The van der Waals surface area contributed by atoms with Gasteiger partial charge in [0.05, 0.1) is 11.8 Å². The monoisotopic (exact) mass is 386 g/mol. The largest absolute Gasteiger partial charge is 0.433 e. The van der Waals surface area contributed by atoms with Crippen LogP contribution in [0.5, 0.6) is 0 Å². The van der Waals surface area contributed by atoms with Crippen LogP contribution in [0, 0.1) is 0 Å². The summed E-state index contributed by atoms with van der Waals surface area (Å²) < 4.78 is 77.6. The van der Waals surface area contributed by atoms with E-state index in [9.17, 15) is 26.3 Å². The molecule has 1 aromatic carbocycles. The molecule has 0 aliphatic rings. The fraction of sp³-hybridized carbons (Fsp3) is 0.235. The topological polar surface area (TPSA) is 54.5 Å². The number of H-pyrrole nitrogens is 1. The van der Waals surface area contributed by atoms with E-state index in [0.717, 1.165) is 18.2 Å². The van der Waals surface area contributed by atoms with Gasteiger partial charge < -0.3 is 0 Å². The number of aryl methyl sites for hydroxylation is 2. The molecule has 0 fully saturated rings. The molecule has 2 heterocycles. The van der Waals surface area contributed by atoms with Crippen LogP contribution in [0.4, 0.5) is 26.3 Å². The zero-order chi connectivity index (χ0) is 19.7. The summed E-state index contributed by atoms with van der Waals surface area (Å²) in [6, 6.07) is 6.89. The molecule has 0 saturated heterocycles. The van der Waals surface area contributed by atoms with Crippen LogP contribution in [0.2, 0.25) is 0 Å². The van der Waals surface area contributed by atoms with Crippen LogP contribution in [0.25, 0.3) is 11.3 Å². The van der Waals surface area contributed by atoms with E-state index in [1.54, 1.807) is 0 Å². The average Bonchev–Trinajstić information content (AvgIpc) is 3.13. The number of benzene rings is 1. The minimum absolute atomic E-state index is 0.0590. The lowest BCUT2D eigenvalue weighted by Gasteiger charge is -2.12. The summed E-state index contributed by atoms with van der Waals surface area (Å²) in [6.45, 7) is 0. The maximum Gasteiger partial charge on any atom is 0.433 e. The molecule has 1 N–H and O–H groups in total. The van der Waals surface area contributed by atoms with E-state index in [4.69, 9.17) is 0 Å². The number of hydrogen-bond acceptors (Lipinski definition) is 3. The standard InChI is InChI=1S/C17H12F6N4/c18-16(19,20)12-7-10(6-11(8-12)14-9-24-27-26-14)4-5-13-2-1-3-15(25-13)17(21,22)23/h1-3,6-9H,4-5H2,(H,24,26,27). The zero-order valence-electron chi connectivity index (χ0n) is 13.6. The second-order valence-electron chi connectivity index (χ2n) is 5.78. The Morgan fingerprint density at radius 2 is 1.67 bits per heavy atom. The number of halogens is 6. The Labute approximate surface area is 149 Å². The number of aromatic nitrogens is 4. The van der Waals surface area contributed by atoms with Crippen molar-refractivity contribution in [2.75, 3.05) is 0 Å². The van der Waals surface area contributed by atoms with Gasteiger partial charge in [0.2, 0.25) is 0 Å². The first-order valence-corrected chi connectivity index (χ1v) is 7.73. The third-order valence-corrected chi connectivity index (χ3v) is 3.80. The molecule has 0 unspecified atom stereocenters. The Morgan fingerprint density at radius 1 is 0.889 bits per heavy atom. The highest BCUT2D eigenvalue weighted by Gasteiger charge is 2.33. The summed E-state index contributed by atoms with van der Waals surface area (Å²) in [7, 11) is 0. The molecule has 0 radical (unpaired) electrons. The first-order valence-electron chi connectivity index (χ1n) is 7.73. The van der Waals surface area contributed by atoms with Gasteiger partial charge in [-0.2, -0.15) is 41.8 Å². The fourth-order valence-corrected chi connectivity index (χ4v) is 2.54. The highest BCUT2D eigenvalue weighted by atomic mass is 19.4. The Hall–Kier alpha value is -2.91. The van der Waals surface area contributed by atoms with Crippen molar-refractivity contribution in [2.24, 2.45) is 0 Å². The van der Waals surface area contributed by atoms with Gasteiger partial charge in [0.15, 0.2) is 0 Å². The molecule has 0 spiro atoms. The fourth-order valence-electron chi connectivity index (χ4n) is 2.54. The first kappa shape index (κ1) is 18.9. The van der Waals surface area contributed by atoms with Crippen LogP contribution in [0.1, 0.15) is 22.5 Å². The van der Waals surface area contributed by atoms with Crippen molar-refractivity contribution in [1.82, 2.24) is 20.4 Å². The summed E-state index contributed by atoms with van der Waals surface area (Å²) >= 11 is 0. The maximum absolute atomic E-state index is 13.2. The smallest absolute Gasteiger partial charge is 0.248 e. The minimum Gasteiger partial charge on any atom is -0.248 e. The summed E-state index contributed by atoms with van der Waals surface area (Å²) in [5.41, 5.74) is -1.00. The van der Waals surface area contributed by atoms with Crippen molar-refractivity contribution in [3.05, 3.63) is 65.1 Å². The summed E-state index contributed by atoms with van der Waals surface area (Å²) in [6.07, 6.45) is -7.71. The van der Waals surface area contributed by atoms with Crippen molar-refractivity contribution in [3.63, 3.8) is 0 Å². The van der Waals surface area contributed by atoms with Gasteiger partial charge in [0.1, 0.15) is 11.4 Å². The number of alkyl halides is 6. The molecule has 0 amide bonds. The lowest BCUT2D eigenvalue weighted by molar-refractivity contribution is -0.141. The second-order valence-corrected chi connectivity index (χ2v) is 5.78. The van der Waals surface area contributed by atoms with Crippen molar-refractivity contribution in [1.29, 1.82) is 0 Å². The molecular formula is C17H12F6N4. The molecule has 4 nitrogen and oxygen atoms in total. The first-order chi connectivity index (χ1) is 12.6. The molecule has 27 heavy (non-hydrogen) atoms. The zero-order valence-corrected chi connectivity index (χ0v) is 13.6. The summed E-state index contributed by atoms with van der Waals surface area (Å²) in [5, 5.41) is 9.67. The van der Waals surface area contributed by atoms with E-state index in [1.807, 2.05) is 0 Å². The highest BCUT2D eigenvalue weighted by Crippen LogP contribution is 2.33. The van der Waals surface area contributed by atoms with E-state index in [2.05, 4.69) is 20.4 Å². The Kier molecular flexibility index (Phi) is 4.90. The molecule has 0 bridgehead atoms. The van der Waals surface area contributed by atoms with Gasteiger partial charge in [0.25, 0.3) is 0 Å². The Bertz CT molecular complexity index is 916. The number of nitrogens with zero attached hydrogens (tertiary/aromatic N) is 3. The molecule has 3 rings (SSSR count). The van der Waals surface area contributed by atoms with E-state index < -0.39 is 23.6 Å². The molecule has 2 aromatic heterocycles. The van der Waals surface area contributed by atoms with Crippen LogP contribution in [0.3, 0.4) is 0 Å².